The summed E-state index contributed by atoms with van der Waals surface area (Å²) in [5, 5.41) is 10.8. The van der Waals surface area contributed by atoms with Crippen molar-refractivity contribution < 1.29 is 4.92 Å². The third-order valence-electron chi connectivity index (χ3n) is 2.49. The summed E-state index contributed by atoms with van der Waals surface area (Å²) >= 11 is 5.90. The lowest BCUT2D eigenvalue weighted by atomic mass is 9.97. The van der Waals surface area contributed by atoms with E-state index in [0.29, 0.717) is 18.7 Å². The SMILES string of the molecule is C=CCc1cc([N+](=O)[O-])cc(CC=C)c1CCl. The molecule has 0 aliphatic heterocycles. The van der Waals surface area contributed by atoms with Gasteiger partial charge in [0.1, 0.15) is 0 Å². The zero-order chi connectivity index (χ0) is 12.8. The number of halogens is 1. The molecule has 0 aliphatic rings. The molecule has 0 fully saturated rings. The molecule has 0 spiro atoms. The van der Waals surface area contributed by atoms with Crippen LogP contribution in [0.4, 0.5) is 5.69 Å². The third-order valence-corrected chi connectivity index (χ3v) is 2.76. The number of allylic oxidation sites excluding steroid dienone is 2. The Morgan fingerprint density at radius 2 is 1.71 bits per heavy atom. The maximum absolute atomic E-state index is 10.8. The highest BCUT2D eigenvalue weighted by Gasteiger charge is 2.14. The second-order valence-corrected chi connectivity index (χ2v) is 3.89. The Hall–Kier alpha value is -1.61. The van der Waals surface area contributed by atoms with Crippen LogP contribution in [-0.4, -0.2) is 4.92 Å². The number of nitro groups is 1. The van der Waals surface area contributed by atoms with Gasteiger partial charge in [0.05, 0.1) is 4.92 Å². The summed E-state index contributed by atoms with van der Waals surface area (Å²) in [6.07, 6.45) is 4.58. The highest BCUT2D eigenvalue weighted by Crippen LogP contribution is 2.25. The van der Waals surface area contributed by atoms with Gasteiger partial charge in [0.15, 0.2) is 0 Å². The Morgan fingerprint density at radius 1 is 1.24 bits per heavy atom. The van der Waals surface area contributed by atoms with E-state index in [1.54, 1.807) is 24.3 Å². The highest BCUT2D eigenvalue weighted by atomic mass is 35.5. The first-order valence-corrected chi connectivity index (χ1v) is 5.74. The van der Waals surface area contributed by atoms with Crippen molar-refractivity contribution in [2.75, 3.05) is 0 Å². The second kappa shape index (κ2) is 6.21. The van der Waals surface area contributed by atoms with Crippen LogP contribution >= 0.6 is 11.6 Å². The van der Waals surface area contributed by atoms with Gasteiger partial charge in [0.25, 0.3) is 5.69 Å². The molecule has 0 N–H and O–H groups in total. The number of hydrogen-bond acceptors (Lipinski definition) is 2. The van der Waals surface area contributed by atoms with E-state index in [0.717, 1.165) is 16.7 Å². The molecule has 1 aromatic rings. The Balaban J connectivity index is 3.38. The number of rotatable bonds is 6. The summed E-state index contributed by atoms with van der Waals surface area (Å²) in [6.45, 7) is 7.30. The van der Waals surface area contributed by atoms with E-state index in [1.165, 1.54) is 0 Å². The van der Waals surface area contributed by atoms with Gasteiger partial charge >= 0.3 is 0 Å². The monoisotopic (exact) mass is 251 g/mol. The topological polar surface area (TPSA) is 43.1 Å². The molecule has 0 unspecified atom stereocenters. The molecule has 1 rings (SSSR count). The fourth-order valence-electron chi connectivity index (χ4n) is 1.73. The number of nitro benzene ring substituents is 1. The van der Waals surface area contributed by atoms with Crippen molar-refractivity contribution >= 4 is 17.3 Å². The zero-order valence-corrected chi connectivity index (χ0v) is 10.2. The molecular weight excluding hydrogens is 238 g/mol. The molecule has 1 aromatic carbocycles. The maximum atomic E-state index is 10.8. The van der Waals surface area contributed by atoms with Crippen LogP contribution in [0.2, 0.25) is 0 Å². The molecule has 0 radical (unpaired) electrons. The molecule has 0 bridgehead atoms. The standard InChI is InChI=1S/C13H14ClNO2/c1-3-5-10-7-12(15(16)17)8-11(6-4-2)13(10)9-14/h3-4,7-8H,1-2,5-6,9H2. The maximum Gasteiger partial charge on any atom is 0.270 e. The van der Waals surface area contributed by atoms with Crippen LogP contribution in [0.3, 0.4) is 0 Å². The van der Waals surface area contributed by atoms with Crippen molar-refractivity contribution in [3.8, 4) is 0 Å². The second-order valence-electron chi connectivity index (χ2n) is 3.62. The first-order valence-electron chi connectivity index (χ1n) is 5.20. The molecule has 17 heavy (non-hydrogen) atoms. The zero-order valence-electron chi connectivity index (χ0n) is 9.49. The number of hydrogen-bond donors (Lipinski definition) is 0. The molecule has 0 atom stereocenters. The Labute approximate surface area is 106 Å². The van der Waals surface area contributed by atoms with Crippen molar-refractivity contribution in [2.45, 2.75) is 18.7 Å². The summed E-state index contributed by atoms with van der Waals surface area (Å²) in [7, 11) is 0. The number of benzene rings is 1. The van der Waals surface area contributed by atoms with Gasteiger partial charge in [0.2, 0.25) is 0 Å². The van der Waals surface area contributed by atoms with Crippen molar-refractivity contribution in [1.29, 1.82) is 0 Å². The van der Waals surface area contributed by atoms with Crippen molar-refractivity contribution in [1.82, 2.24) is 0 Å². The van der Waals surface area contributed by atoms with Gasteiger partial charge in [-0.05, 0) is 29.5 Å². The minimum absolute atomic E-state index is 0.0903. The lowest BCUT2D eigenvalue weighted by Gasteiger charge is -2.10. The summed E-state index contributed by atoms with van der Waals surface area (Å²) in [4.78, 5) is 10.4. The predicted molar refractivity (Wildman–Crippen MR) is 70.5 cm³/mol. The van der Waals surface area contributed by atoms with Crippen LogP contribution in [-0.2, 0) is 18.7 Å². The molecule has 0 amide bonds. The molecule has 0 saturated carbocycles. The summed E-state index contributed by atoms with van der Waals surface area (Å²) in [5.74, 6) is 0.338. The molecule has 0 heterocycles. The van der Waals surface area contributed by atoms with Gasteiger partial charge in [-0.1, -0.05) is 12.2 Å². The van der Waals surface area contributed by atoms with Gasteiger partial charge in [-0.3, -0.25) is 10.1 Å². The van der Waals surface area contributed by atoms with Crippen LogP contribution in [0.15, 0.2) is 37.4 Å². The first-order chi connectivity index (χ1) is 8.13. The quantitative estimate of drug-likeness (QED) is 0.334. The smallest absolute Gasteiger partial charge is 0.258 e. The minimum Gasteiger partial charge on any atom is -0.258 e. The van der Waals surface area contributed by atoms with Crippen molar-refractivity contribution in [2.24, 2.45) is 0 Å². The van der Waals surface area contributed by atoms with Crippen LogP contribution in [0.25, 0.3) is 0 Å². The van der Waals surface area contributed by atoms with Gasteiger partial charge in [-0.15, -0.1) is 24.8 Å². The van der Waals surface area contributed by atoms with E-state index in [4.69, 9.17) is 11.6 Å². The van der Waals surface area contributed by atoms with Gasteiger partial charge in [-0.25, -0.2) is 0 Å². The first kappa shape index (κ1) is 13.5. The molecule has 0 saturated heterocycles. The molecule has 90 valence electrons. The molecule has 4 heteroatoms. The fourth-order valence-corrected chi connectivity index (χ4v) is 2.07. The lowest BCUT2D eigenvalue weighted by molar-refractivity contribution is -0.385. The van der Waals surface area contributed by atoms with Crippen LogP contribution in [0, 0.1) is 10.1 Å². The van der Waals surface area contributed by atoms with E-state index >= 15 is 0 Å². The average molecular weight is 252 g/mol. The lowest BCUT2D eigenvalue weighted by Crippen LogP contribution is -2.00. The minimum atomic E-state index is -0.392. The highest BCUT2D eigenvalue weighted by molar-refractivity contribution is 6.17. The number of alkyl halides is 1. The Bertz CT molecular complexity index is 424. The third kappa shape index (κ3) is 3.17. The van der Waals surface area contributed by atoms with Crippen LogP contribution < -0.4 is 0 Å². The Kier molecular flexibility index (Phi) is 4.91. The normalized spacial score (nSPS) is 9.94. The van der Waals surface area contributed by atoms with Crippen molar-refractivity contribution in [3.05, 3.63) is 64.2 Å². The summed E-state index contributed by atoms with van der Waals surface area (Å²) < 4.78 is 0. The largest absolute Gasteiger partial charge is 0.270 e. The molecule has 0 aromatic heterocycles. The number of nitrogens with zero attached hydrogens (tertiary/aromatic N) is 1. The van der Waals surface area contributed by atoms with Gasteiger partial charge in [0, 0.05) is 18.0 Å². The van der Waals surface area contributed by atoms with E-state index in [1.807, 2.05) is 0 Å². The number of non-ortho nitro benzene ring substituents is 1. The Morgan fingerprint density at radius 3 is 2.00 bits per heavy atom. The fraction of sp³-hybridized carbons (Fsp3) is 0.231. The summed E-state index contributed by atoms with van der Waals surface area (Å²) in [5.41, 5.74) is 2.76. The van der Waals surface area contributed by atoms with E-state index < -0.39 is 4.92 Å². The van der Waals surface area contributed by atoms with E-state index in [2.05, 4.69) is 13.2 Å². The van der Waals surface area contributed by atoms with Crippen LogP contribution in [0.5, 0.6) is 0 Å². The van der Waals surface area contributed by atoms with Gasteiger partial charge in [-0.2, -0.15) is 0 Å². The molecular formula is C13H14ClNO2. The molecule has 0 aliphatic carbocycles. The molecule has 3 nitrogen and oxygen atoms in total. The van der Waals surface area contributed by atoms with Crippen molar-refractivity contribution in [3.63, 3.8) is 0 Å². The van der Waals surface area contributed by atoms with Crippen LogP contribution in [0.1, 0.15) is 16.7 Å². The van der Waals surface area contributed by atoms with E-state index in [-0.39, 0.29) is 5.69 Å². The average Bonchev–Trinajstić information content (AvgIpc) is 2.29. The van der Waals surface area contributed by atoms with Gasteiger partial charge < -0.3 is 0 Å². The van der Waals surface area contributed by atoms with E-state index in [9.17, 15) is 10.1 Å². The summed E-state index contributed by atoms with van der Waals surface area (Å²) in [6, 6.07) is 3.12. The predicted octanol–water partition coefficient (Wildman–Crippen LogP) is 3.79.